The molecule has 0 heterocycles. The molecule has 0 bridgehead atoms. The molecule has 0 nitrogen and oxygen atoms in total. The topological polar surface area (TPSA) is 0 Å². The summed E-state index contributed by atoms with van der Waals surface area (Å²) in [7, 11) is 0. The first-order chi connectivity index (χ1) is 10.4. The Bertz CT molecular complexity index is 198. The summed E-state index contributed by atoms with van der Waals surface area (Å²) in [6.45, 7) is 2.29. The zero-order chi connectivity index (χ0) is 15.4. The Labute approximate surface area is 143 Å². The van der Waals surface area contributed by atoms with Gasteiger partial charge in [-0.3, -0.25) is 0 Å². The third-order valence-electron chi connectivity index (χ3n) is 4.15. The Morgan fingerprint density at radius 3 is 1.33 bits per heavy atom. The van der Waals surface area contributed by atoms with E-state index in [2.05, 4.69) is 35.0 Å². The van der Waals surface area contributed by atoms with E-state index in [1.54, 1.807) is 0 Å². The summed E-state index contributed by atoms with van der Waals surface area (Å²) < 4.78 is 0. The molecule has 0 aromatic rings. The molecule has 0 aliphatic rings. The quantitative estimate of drug-likeness (QED) is 0.139. The van der Waals surface area contributed by atoms with Gasteiger partial charge in [-0.15, -0.1) is 0 Å². The second kappa shape index (κ2) is 20.2. The maximum Gasteiger partial charge on any atom is 0.00313 e. The van der Waals surface area contributed by atoms with Crippen LogP contribution in [0.15, 0.2) is 12.2 Å². The molecule has 0 fully saturated rings. The zero-order valence-corrected chi connectivity index (χ0v) is 16.1. The molecule has 0 rings (SSSR count). The summed E-state index contributed by atoms with van der Waals surface area (Å²) in [4.78, 5) is 0. The van der Waals surface area contributed by atoms with Crippen LogP contribution in [0.5, 0.6) is 0 Å². The molecule has 0 N–H and O–H groups in total. The lowest BCUT2D eigenvalue weighted by atomic mass is 10.1. The molecule has 0 saturated heterocycles. The minimum absolute atomic E-state index is 1.18. The fourth-order valence-corrected chi connectivity index (χ4v) is 3.09. The van der Waals surface area contributed by atoms with Crippen LogP contribution in [0.3, 0.4) is 0 Å². The molecule has 0 radical (unpaired) electrons. The lowest BCUT2D eigenvalue weighted by Crippen LogP contribution is -1.81. The summed E-state index contributed by atoms with van der Waals surface area (Å²) in [5.74, 6) is 0. The second-order valence-corrected chi connectivity index (χ2v) is 7.13. The van der Waals surface area contributed by atoms with Gasteiger partial charge in [0.2, 0.25) is 0 Å². The summed E-state index contributed by atoms with van der Waals surface area (Å²) in [6, 6.07) is 0. The minimum Gasteiger partial charge on any atom is -0.0928 e. The lowest BCUT2D eigenvalue weighted by Gasteiger charge is -2.00. The molecule has 126 valence electrons. The minimum atomic E-state index is 1.18. The molecule has 0 aromatic heterocycles. The van der Waals surface area contributed by atoms with Crippen molar-refractivity contribution in [1.29, 1.82) is 0 Å². The molecule has 0 amide bonds. The van der Waals surface area contributed by atoms with Gasteiger partial charge in [-0.05, 0) is 32.1 Å². The van der Waals surface area contributed by atoms with Gasteiger partial charge in [0.05, 0.1) is 0 Å². The Kier molecular flexibility index (Phi) is 20.4. The molecular weight excluding hydrogens is 320 g/mol. The largest absolute Gasteiger partial charge is 0.0928 e. The van der Waals surface area contributed by atoms with Gasteiger partial charge in [0.1, 0.15) is 0 Å². The SMILES string of the molecule is CCCCCCCCCCC=CCCCCCCCCBr. The van der Waals surface area contributed by atoms with Crippen LogP contribution in [0, 0.1) is 0 Å². The number of hydrogen-bond acceptors (Lipinski definition) is 0. The molecule has 0 aliphatic carbocycles. The van der Waals surface area contributed by atoms with E-state index >= 15 is 0 Å². The van der Waals surface area contributed by atoms with Gasteiger partial charge in [0, 0.05) is 5.33 Å². The molecule has 0 aromatic carbocycles. The van der Waals surface area contributed by atoms with Gasteiger partial charge in [-0.25, -0.2) is 0 Å². The van der Waals surface area contributed by atoms with E-state index in [-0.39, 0.29) is 0 Å². The average molecular weight is 359 g/mol. The number of rotatable bonds is 17. The molecule has 0 unspecified atom stereocenters. The van der Waals surface area contributed by atoms with Crippen LogP contribution < -0.4 is 0 Å². The van der Waals surface area contributed by atoms with Crippen molar-refractivity contribution < 1.29 is 0 Å². The summed E-state index contributed by atoms with van der Waals surface area (Å²) in [5.41, 5.74) is 0. The predicted octanol–water partition coefficient (Wildman–Crippen LogP) is 8.20. The van der Waals surface area contributed by atoms with Crippen LogP contribution in [-0.4, -0.2) is 5.33 Å². The van der Waals surface area contributed by atoms with Crippen molar-refractivity contribution in [3.63, 3.8) is 0 Å². The maximum absolute atomic E-state index is 3.49. The van der Waals surface area contributed by atoms with Gasteiger partial charge in [0.25, 0.3) is 0 Å². The van der Waals surface area contributed by atoms with E-state index < -0.39 is 0 Å². The fourth-order valence-electron chi connectivity index (χ4n) is 2.70. The summed E-state index contributed by atoms with van der Waals surface area (Å²) in [5, 5.41) is 1.18. The zero-order valence-electron chi connectivity index (χ0n) is 14.6. The van der Waals surface area contributed by atoms with E-state index in [0.29, 0.717) is 0 Å². The molecule has 1 heteroatoms. The molecule has 0 saturated carbocycles. The Morgan fingerprint density at radius 1 is 0.524 bits per heavy atom. The molecule has 0 spiro atoms. The van der Waals surface area contributed by atoms with E-state index in [1.807, 2.05) is 0 Å². The maximum atomic E-state index is 3.49. The smallest absolute Gasteiger partial charge is 0.00313 e. The van der Waals surface area contributed by atoms with E-state index in [9.17, 15) is 0 Å². The fraction of sp³-hybridized carbons (Fsp3) is 0.900. The standard InChI is InChI=1S/C20H39Br/c1-2-3-4-5-6-7-8-9-10-11-12-13-14-15-16-17-18-19-20-21/h11-12H,2-10,13-20H2,1H3. The van der Waals surface area contributed by atoms with Crippen molar-refractivity contribution in [3.05, 3.63) is 12.2 Å². The summed E-state index contributed by atoms with van der Waals surface area (Å²) in [6.07, 6.45) is 27.3. The highest BCUT2D eigenvalue weighted by Crippen LogP contribution is 2.11. The van der Waals surface area contributed by atoms with Crippen LogP contribution in [0.1, 0.15) is 110 Å². The lowest BCUT2D eigenvalue weighted by molar-refractivity contribution is 0.577. The average Bonchev–Trinajstić information content (AvgIpc) is 2.50. The van der Waals surface area contributed by atoms with Crippen LogP contribution in [-0.2, 0) is 0 Å². The third-order valence-corrected chi connectivity index (χ3v) is 4.71. The van der Waals surface area contributed by atoms with E-state index in [4.69, 9.17) is 0 Å². The van der Waals surface area contributed by atoms with Crippen molar-refractivity contribution >= 4 is 15.9 Å². The van der Waals surface area contributed by atoms with E-state index in [0.717, 1.165) is 0 Å². The molecule has 0 aliphatic heterocycles. The number of halogens is 1. The molecule has 21 heavy (non-hydrogen) atoms. The highest BCUT2D eigenvalue weighted by Gasteiger charge is 1.91. The highest BCUT2D eigenvalue weighted by atomic mass is 79.9. The number of hydrogen-bond donors (Lipinski definition) is 0. The van der Waals surface area contributed by atoms with Crippen molar-refractivity contribution in [1.82, 2.24) is 0 Å². The molecule has 0 atom stereocenters. The van der Waals surface area contributed by atoms with Crippen LogP contribution in [0.2, 0.25) is 0 Å². The number of alkyl halides is 1. The van der Waals surface area contributed by atoms with E-state index in [1.165, 1.54) is 108 Å². The first-order valence-electron chi connectivity index (χ1n) is 9.62. The van der Waals surface area contributed by atoms with Crippen molar-refractivity contribution in [3.8, 4) is 0 Å². The van der Waals surface area contributed by atoms with Crippen molar-refractivity contribution in [2.24, 2.45) is 0 Å². The van der Waals surface area contributed by atoms with Gasteiger partial charge in [-0.1, -0.05) is 106 Å². The normalized spacial score (nSPS) is 11.5. The van der Waals surface area contributed by atoms with Gasteiger partial charge < -0.3 is 0 Å². The Hall–Kier alpha value is 0.220. The Morgan fingerprint density at radius 2 is 0.905 bits per heavy atom. The molecular formula is C20H39Br. The van der Waals surface area contributed by atoms with Crippen LogP contribution >= 0.6 is 15.9 Å². The third kappa shape index (κ3) is 20.2. The second-order valence-electron chi connectivity index (χ2n) is 6.33. The Balaban J connectivity index is 3.02. The monoisotopic (exact) mass is 358 g/mol. The first-order valence-corrected chi connectivity index (χ1v) is 10.7. The predicted molar refractivity (Wildman–Crippen MR) is 102 cm³/mol. The summed E-state index contributed by atoms with van der Waals surface area (Å²) >= 11 is 3.49. The number of unbranched alkanes of at least 4 members (excludes halogenated alkanes) is 14. The van der Waals surface area contributed by atoms with Crippen LogP contribution in [0.4, 0.5) is 0 Å². The van der Waals surface area contributed by atoms with Gasteiger partial charge in [-0.2, -0.15) is 0 Å². The van der Waals surface area contributed by atoms with Crippen molar-refractivity contribution in [2.75, 3.05) is 5.33 Å². The first kappa shape index (κ1) is 21.2. The van der Waals surface area contributed by atoms with Crippen LogP contribution in [0.25, 0.3) is 0 Å². The van der Waals surface area contributed by atoms with Gasteiger partial charge >= 0.3 is 0 Å². The number of allylic oxidation sites excluding steroid dienone is 2. The highest BCUT2D eigenvalue weighted by molar-refractivity contribution is 9.09. The van der Waals surface area contributed by atoms with Crippen molar-refractivity contribution in [2.45, 2.75) is 110 Å². The van der Waals surface area contributed by atoms with Gasteiger partial charge in [0.15, 0.2) is 0 Å².